The lowest BCUT2D eigenvalue weighted by Crippen LogP contribution is -2.61. The van der Waals surface area contributed by atoms with Crippen LogP contribution < -0.4 is 5.73 Å². The van der Waals surface area contributed by atoms with Crippen LogP contribution in [0.2, 0.25) is 0 Å². The topological polar surface area (TPSA) is 72.2 Å². The third-order valence-corrected chi connectivity index (χ3v) is 2.87. The lowest BCUT2D eigenvalue weighted by molar-refractivity contribution is -0.300. The minimum atomic E-state index is -0.491. The molecule has 1 aliphatic rings. The van der Waals surface area contributed by atoms with Crippen molar-refractivity contribution in [2.24, 2.45) is 5.73 Å². The van der Waals surface area contributed by atoms with E-state index in [2.05, 4.69) is 0 Å². The summed E-state index contributed by atoms with van der Waals surface area (Å²) in [6.45, 7) is 0.342. The van der Waals surface area contributed by atoms with Crippen molar-refractivity contribution in [3.8, 4) is 0 Å². The number of hydrogen-bond acceptors (Lipinski definition) is 6. The van der Waals surface area contributed by atoms with Gasteiger partial charge in [0.25, 0.3) is 0 Å². The molecule has 1 heterocycles. The molecule has 0 spiro atoms. The monoisotopic (exact) mass is 235 g/mol. The zero-order chi connectivity index (χ0) is 12.1. The summed E-state index contributed by atoms with van der Waals surface area (Å²) in [5.74, 6) is 0. The summed E-state index contributed by atoms with van der Waals surface area (Å²) in [5, 5.41) is 0. The summed E-state index contributed by atoms with van der Waals surface area (Å²) in [6.07, 6.45) is -1.60. The third-order valence-electron chi connectivity index (χ3n) is 2.87. The van der Waals surface area contributed by atoms with Gasteiger partial charge in [0.15, 0.2) is 6.29 Å². The zero-order valence-electron chi connectivity index (χ0n) is 10.2. The number of rotatable bonds is 5. The second kappa shape index (κ2) is 6.48. The van der Waals surface area contributed by atoms with Gasteiger partial charge in [-0.25, -0.2) is 0 Å². The second-order valence-electron chi connectivity index (χ2n) is 3.62. The first-order chi connectivity index (χ1) is 7.73. The van der Waals surface area contributed by atoms with Crippen molar-refractivity contribution in [2.75, 3.05) is 35.0 Å². The molecular formula is C10H21NO5. The molecule has 1 fully saturated rings. The van der Waals surface area contributed by atoms with Crippen molar-refractivity contribution >= 4 is 0 Å². The van der Waals surface area contributed by atoms with Crippen molar-refractivity contribution in [3.05, 3.63) is 0 Å². The maximum atomic E-state index is 5.65. The third kappa shape index (κ3) is 2.53. The highest BCUT2D eigenvalue weighted by atomic mass is 16.7. The van der Waals surface area contributed by atoms with Gasteiger partial charge in [-0.05, 0) is 0 Å². The molecule has 0 unspecified atom stereocenters. The normalized spacial score (nSPS) is 39.9. The van der Waals surface area contributed by atoms with Crippen LogP contribution in [0.25, 0.3) is 0 Å². The van der Waals surface area contributed by atoms with Crippen LogP contribution in [0.1, 0.15) is 0 Å². The van der Waals surface area contributed by atoms with Crippen LogP contribution in [-0.4, -0.2) is 65.7 Å². The van der Waals surface area contributed by atoms with Crippen molar-refractivity contribution in [3.63, 3.8) is 0 Å². The molecule has 1 rings (SSSR count). The predicted octanol–water partition coefficient (Wildman–Crippen LogP) is -0.639. The van der Waals surface area contributed by atoms with Crippen molar-refractivity contribution in [1.29, 1.82) is 0 Å². The molecule has 16 heavy (non-hydrogen) atoms. The molecule has 6 nitrogen and oxygen atoms in total. The highest BCUT2D eigenvalue weighted by Crippen LogP contribution is 2.26. The first-order valence-corrected chi connectivity index (χ1v) is 5.20. The number of hydrogen-bond donors (Lipinski definition) is 1. The maximum Gasteiger partial charge on any atom is 0.186 e. The summed E-state index contributed by atoms with van der Waals surface area (Å²) >= 11 is 0. The van der Waals surface area contributed by atoms with Crippen molar-refractivity contribution in [2.45, 2.75) is 30.7 Å². The van der Waals surface area contributed by atoms with Crippen LogP contribution in [0.5, 0.6) is 0 Å². The van der Waals surface area contributed by atoms with Gasteiger partial charge in [-0.1, -0.05) is 0 Å². The molecule has 0 aromatic rings. The Morgan fingerprint density at radius 2 is 1.44 bits per heavy atom. The molecule has 0 aliphatic carbocycles. The molecule has 0 radical (unpaired) electrons. The van der Waals surface area contributed by atoms with E-state index in [9.17, 15) is 0 Å². The molecule has 0 saturated carbocycles. The van der Waals surface area contributed by atoms with Gasteiger partial charge in [0.2, 0.25) is 0 Å². The molecule has 0 bridgehead atoms. The number of nitrogens with two attached hydrogens (primary N) is 1. The van der Waals surface area contributed by atoms with Crippen LogP contribution in [0.15, 0.2) is 0 Å². The largest absolute Gasteiger partial charge is 0.376 e. The Morgan fingerprint density at radius 1 is 0.875 bits per heavy atom. The summed E-state index contributed by atoms with van der Waals surface area (Å²) < 4.78 is 26.9. The molecule has 6 heteroatoms. The molecular weight excluding hydrogens is 214 g/mol. The van der Waals surface area contributed by atoms with Crippen LogP contribution >= 0.6 is 0 Å². The van der Waals surface area contributed by atoms with E-state index in [-0.39, 0.29) is 24.4 Å². The van der Waals surface area contributed by atoms with Gasteiger partial charge in [-0.3, -0.25) is 0 Å². The van der Waals surface area contributed by atoms with Crippen LogP contribution in [0.4, 0.5) is 0 Å². The molecule has 96 valence electrons. The maximum absolute atomic E-state index is 5.65. The Bertz CT molecular complexity index is 186. The van der Waals surface area contributed by atoms with Gasteiger partial charge in [0.05, 0.1) is 0 Å². The van der Waals surface area contributed by atoms with Gasteiger partial charge in [0.1, 0.15) is 24.4 Å². The standard InChI is InChI=1S/C10H21NO5/c1-12-7-6(5-11)16-10(15-4)9(14-3)8(7)13-2/h6-10H,5,11H2,1-4H3/t6-,7-,8+,9-,10+/m1/s1. The van der Waals surface area contributed by atoms with E-state index in [1.165, 1.54) is 0 Å². The van der Waals surface area contributed by atoms with Crippen LogP contribution in [-0.2, 0) is 23.7 Å². The number of methoxy groups -OCH3 is 4. The predicted molar refractivity (Wildman–Crippen MR) is 57.1 cm³/mol. The molecule has 2 N–H and O–H groups in total. The van der Waals surface area contributed by atoms with Crippen LogP contribution in [0, 0.1) is 0 Å². The number of ether oxygens (including phenoxy) is 5. The highest BCUT2D eigenvalue weighted by molar-refractivity contribution is 4.92. The average Bonchev–Trinajstić information content (AvgIpc) is 2.35. The van der Waals surface area contributed by atoms with Gasteiger partial charge in [-0.2, -0.15) is 0 Å². The van der Waals surface area contributed by atoms with E-state index in [0.717, 1.165) is 0 Å². The lowest BCUT2D eigenvalue weighted by atomic mass is 9.98. The van der Waals surface area contributed by atoms with Gasteiger partial charge >= 0.3 is 0 Å². The second-order valence-corrected chi connectivity index (χ2v) is 3.62. The minimum absolute atomic E-state index is 0.258. The van der Waals surface area contributed by atoms with Gasteiger partial charge in [0, 0.05) is 35.0 Å². The molecule has 5 atom stereocenters. The summed E-state index contributed by atoms with van der Waals surface area (Å²) in [7, 11) is 6.35. The van der Waals surface area contributed by atoms with E-state index < -0.39 is 6.29 Å². The zero-order valence-corrected chi connectivity index (χ0v) is 10.2. The molecule has 1 saturated heterocycles. The Balaban J connectivity index is 2.85. The smallest absolute Gasteiger partial charge is 0.186 e. The fourth-order valence-corrected chi connectivity index (χ4v) is 2.06. The summed E-state index contributed by atoms with van der Waals surface area (Å²) in [5.41, 5.74) is 5.63. The van der Waals surface area contributed by atoms with Gasteiger partial charge in [-0.15, -0.1) is 0 Å². The average molecular weight is 235 g/mol. The van der Waals surface area contributed by atoms with E-state index in [1.54, 1.807) is 28.4 Å². The Labute approximate surface area is 95.9 Å². The lowest BCUT2D eigenvalue weighted by Gasteiger charge is -2.43. The molecule has 0 amide bonds. The first kappa shape index (κ1) is 13.8. The van der Waals surface area contributed by atoms with Crippen molar-refractivity contribution in [1.82, 2.24) is 0 Å². The van der Waals surface area contributed by atoms with E-state index in [4.69, 9.17) is 29.4 Å². The first-order valence-electron chi connectivity index (χ1n) is 5.20. The van der Waals surface area contributed by atoms with E-state index in [0.29, 0.717) is 6.54 Å². The minimum Gasteiger partial charge on any atom is -0.376 e. The summed E-state index contributed by atoms with van der Waals surface area (Å²) in [4.78, 5) is 0. The molecule has 0 aromatic heterocycles. The fraction of sp³-hybridized carbons (Fsp3) is 1.00. The Morgan fingerprint density at radius 3 is 1.81 bits per heavy atom. The SMILES string of the molecule is CO[C@H]1O[C@H](CN)[C@@H](OC)[C@H](OC)[C@H]1OC. The molecule has 1 aliphatic heterocycles. The molecule has 0 aromatic carbocycles. The highest BCUT2D eigenvalue weighted by Gasteiger charge is 2.46. The fourth-order valence-electron chi connectivity index (χ4n) is 2.06. The van der Waals surface area contributed by atoms with Crippen LogP contribution in [0.3, 0.4) is 0 Å². The Kier molecular flexibility index (Phi) is 5.60. The van der Waals surface area contributed by atoms with Crippen molar-refractivity contribution < 1.29 is 23.7 Å². The van der Waals surface area contributed by atoms with E-state index >= 15 is 0 Å². The van der Waals surface area contributed by atoms with Gasteiger partial charge < -0.3 is 29.4 Å². The van der Waals surface area contributed by atoms with E-state index in [1.807, 2.05) is 0 Å². The summed E-state index contributed by atoms with van der Waals surface area (Å²) in [6, 6.07) is 0. The Hall–Kier alpha value is -0.240. The quantitative estimate of drug-likeness (QED) is 0.683.